The van der Waals surface area contributed by atoms with Gasteiger partial charge in [0.15, 0.2) is 0 Å². The molecule has 0 saturated carbocycles. The number of aliphatic carboxylic acids is 1. The minimum atomic E-state index is -3.93. The highest BCUT2D eigenvalue weighted by atomic mass is 35.5. The summed E-state index contributed by atoms with van der Waals surface area (Å²) in [5.41, 5.74) is 0. The number of methoxy groups -OCH3 is 1. The zero-order valence-electron chi connectivity index (χ0n) is 10.4. The quantitative estimate of drug-likeness (QED) is 0.830. The Morgan fingerprint density at radius 3 is 2.58 bits per heavy atom. The van der Waals surface area contributed by atoms with Crippen molar-refractivity contribution >= 4 is 27.6 Å². The molecule has 0 aliphatic rings. The molecule has 0 spiro atoms. The van der Waals surface area contributed by atoms with E-state index in [1.807, 2.05) is 0 Å². The zero-order valence-corrected chi connectivity index (χ0v) is 12.0. The molecule has 6 nitrogen and oxygen atoms in total. The van der Waals surface area contributed by atoms with E-state index in [1.165, 1.54) is 25.3 Å². The van der Waals surface area contributed by atoms with E-state index in [1.54, 1.807) is 6.92 Å². The molecule has 8 heteroatoms. The number of ether oxygens (including phenoxy) is 1. The molecule has 0 aliphatic heterocycles. The first-order valence-corrected chi connectivity index (χ1v) is 7.26. The number of nitrogens with one attached hydrogen (secondary N) is 1. The lowest BCUT2D eigenvalue weighted by molar-refractivity contribution is -0.139. The van der Waals surface area contributed by atoms with Gasteiger partial charge in [-0.15, -0.1) is 0 Å². The summed E-state index contributed by atoms with van der Waals surface area (Å²) in [6.45, 7) is 1.57. The maximum Gasteiger partial charge on any atom is 0.321 e. The van der Waals surface area contributed by atoms with Gasteiger partial charge in [-0.2, -0.15) is 4.72 Å². The lowest BCUT2D eigenvalue weighted by Crippen LogP contribution is -2.40. The van der Waals surface area contributed by atoms with Crippen LogP contribution >= 0.6 is 11.6 Å². The van der Waals surface area contributed by atoms with Crippen molar-refractivity contribution in [2.24, 2.45) is 0 Å². The number of hydrogen-bond acceptors (Lipinski definition) is 4. The van der Waals surface area contributed by atoms with Crippen molar-refractivity contribution in [3.8, 4) is 5.75 Å². The lowest BCUT2D eigenvalue weighted by Gasteiger charge is -2.13. The van der Waals surface area contributed by atoms with Gasteiger partial charge in [0.2, 0.25) is 10.0 Å². The molecule has 0 amide bonds. The molecule has 1 rings (SSSR count). The summed E-state index contributed by atoms with van der Waals surface area (Å²) in [7, 11) is -2.53. The van der Waals surface area contributed by atoms with Crippen LogP contribution in [0.4, 0.5) is 0 Å². The first-order chi connectivity index (χ1) is 8.81. The first-order valence-electron chi connectivity index (χ1n) is 5.40. The minimum absolute atomic E-state index is 0.113. The van der Waals surface area contributed by atoms with E-state index < -0.39 is 22.0 Å². The van der Waals surface area contributed by atoms with Crippen LogP contribution in [0.5, 0.6) is 5.75 Å². The van der Waals surface area contributed by atoms with Crippen molar-refractivity contribution in [3.05, 3.63) is 23.2 Å². The molecular formula is C11H14ClNO5S. The molecule has 1 aromatic rings. The molecule has 1 aromatic carbocycles. The smallest absolute Gasteiger partial charge is 0.321 e. The molecule has 0 heterocycles. The summed E-state index contributed by atoms with van der Waals surface area (Å²) >= 11 is 5.83. The van der Waals surface area contributed by atoms with Gasteiger partial charge in [-0.3, -0.25) is 4.79 Å². The Labute approximate surface area is 116 Å². The van der Waals surface area contributed by atoms with Crippen LogP contribution in [0.25, 0.3) is 0 Å². The number of halogens is 1. The van der Waals surface area contributed by atoms with Crippen LogP contribution in [0, 0.1) is 0 Å². The van der Waals surface area contributed by atoms with Crippen LogP contribution in [0.1, 0.15) is 13.3 Å². The number of carbonyl (C=O) groups is 1. The average Bonchev–Trinajstić information content (AvgIpc) is 2.35. The molecule has 19 heavy (non-hydrogen) atoms. The molecule has 0 aliphatic carbocycles. The first kappa shape index (κ1) is 15.7. The number of hydrogen-bond donors (Lipinski definition) is 2. The standard InChI is InChI=1S/C11H14ClNO5S/c1-3-9(11(14)15)13-19(16,17)7-4-5-10(18-2)8(12)6-7/h4-6,9,13H,3H2,1-2H3,(H,14,15)/t9-/m1/s1. The summed E-state index contributed by atoms with van der Waals surface area (Å²) in [5.74, 6) is -0.892. The maximum absolute atomic E-state index is 12.0. The van der Waals surface area contributed by atoms with Gasteiger partial charge in [-0.05, 0) is 24.6 Å². The zero-order chi connectivity index (χ0) is 14.6. The molecule has 2 N–H and O–H groups in total. The Morgan fingerprint density at radius 1 is 1.53 bits per heavy atom. The van der Waals surface area contributed by atoms with E-state index in [4.69, 9.17) is 21.4 Å². The Bertz CT molecular complexity index is 572. The number of carboxylic acid groups (broad SMARTS) is 1. The van der Waals surface area contributed by atoms with E-state index in [9.17, 15) is 13.2 Å². The lowest BCUT2D eigenvalue weighted by atomic mass is 10.2. The fourth-order valence-electron chi connectivity index (χ4n) is 1.38. The molecule has 0 fully saturated rings. The Hall–Kier alpha value is -1.31. The molecule has 0 unspecified atom stereocenters. The van der Waals surface area contributed by atoms with Gasteiger partial charge in [0, 0.05) is 0 Å². The van der Waals surface area contributed by atoms with Crippen molar-refractivity contribution < 1.29 is 23.1 Å². The Kier molecular flexibility index (Phi) is 5.16. The Morgan fingerprint density at radius 2 is 2.16 bits per heavy atom. The highest BCUT2D eigenvalue weighted by Gasteiger charge is 2.24. The highest BCUT2D eigenvalue weighted by molar-refractivity contribution is 7.89. The fourth-order valence-corrected chi connectivity index (χ4v) is 3.00. The van der Waals surface area contributed by atoms with Crippen molar-refractivity contribution in [2.75, 3.05) is 7.11 Å². The largest absolute Gasteiger partial charge is 0.495 e. The van der Waals surface area contributed by atoms with Gasteiger partial charge in [0.1, 0.15) is 11.8 Å². The van der Waals surface area contributed by atoms with E-state index in [2.05, 4.69) is 4.72 Å². The van der Waals surface area contributed by atoms with E-state index in [0.717, 1.165) is 0 Å². The normalized spacial score (nSPS) is 13.0. The van der Waals surface area contributed by atoms with Crippen LogP contribution in [0.3, 0.4) is 0 Å². The third kappa shape index (κ3) is 3.82. The van der Waals surface area contributed by atoms with Gasteiger partial charge < -0.3 is 9.84 Å². The fraction of sp³-hybridized carbons (Fsp3) is 0.364. The molecule has 106 valence electrons. The third-order valence-corrected chi connectivity index (χ3v) is 4.20. The molecule has 1 atom stereocenters. The predicted octanol–water partition coefficient (Wildman–Crippen LogP) is 1.49. The molecule has 0 bridgehead atoms. The second-order valence-corrected chi connectivity index (χ2v) is 5.84. The number of sulfonamides is 1. The number of carboxylic acids is 1. The van der Waals surface area contributed by atoms with Gasteiger partial charge in [0.05, 0.1) is 17.0 Å². The molecular weight excluding hydrogens is 294 g/mol. The summed E-state index contributed by atoms with van der Waals surface area (Å²) < 4.78 is 31.0. The Balaban J connectivity index is 3.07. The van der Waals surface area contributed by atoms with Crippen LogP contribution < -0.4 is 9.46 Å². The summed E-state index contributed by atoms with van der Waals surface area (Å²) in [5, 5.41) is 8.98. The van der Waals surface area contributed by atoms with Gasteiger partial charge >= 0.3 is 5.97 Å². The van der Waals surface area contributed by atoms with E-state index in [-0.39, 0.29) is 16.3 Å². The SMILES string of the molecule is CC[C@@H](NS(=O)(=O)c1ccc(OC)c(Cl)c1)C(=O)O. The maximum atomic E-state index is 12.0. The number of benzene rings is 1. The average molecular weight is 308 g/mol. The predicted molar refractivity (Wildman–Crippen MR) is 70.0 cm³/mol. The van der Waals surface area contributed by atoms with Gasteiger partial charge in [0.25, 0.3) is 0 Å². The summed E-state index contributed by atoms with van der Waals surface area (Å²) in [4.78, 5) is 10.7. The van der Waals surface area contributed by atoms with Crippen molar-refractivity contribution in [1.29, 1.82) is 0 Å². The van der Waals surface area contributed by atoms with Crippen LogP contribution in [-0.2, 0) is 14.8 Å². The highest BCUT2D eigenvalue weighted by Crippen LogP contribution is 2.26. The van der Waals surface area contributed by atoms with Crippen LogP contribution in [0.2, 0.25) is 5.02 Å². The topological polar surface area (TPSA) is 92.7 Å². The second-order valence-electron chi connectivity index (χ2n) is 3.72. The van der Waals surface area contributed by atoms with Crippen molar-refractivity contribution in [1.82, 2.24) is 4.72 Å². The summed E-state index contributed by atoms with van der Waals surface area (Å²) in [6.07, 6.45) is 0.137. The van der Waals surface area contributed by atoms with Crippen LogP contribution in [0.15, 0.2) is 23.1 Å². The van der Waals surface area contributed by atoms with Gasteiger partial charge in [-0.25, -0.2) is 8.42 Å². The molecule has 0 saturated heterocycles. The third-order valence-electron chi connectivity index (χ3n) is 2.44. The van der Waals surface area contributed by atoms with Crippen LogP contribution in [-0.4, -0.2) is 32.6 Å². The van der Waals surface area contributed by atoms with E-state index >= 15 is 0 Å². The summed E-state index contributed by atoms with van der Waals surface area (Å²) in [6, 6.07) is 2.73. The minimum Gasteiger partial charge on any atom is -0.495 e. The number of rotatable bonds is 6. The molecule has 0 aromatic heterocycles. The van der Waals surface area contributed by atoms with E-state index in [0.29, 0.717) is 5.75 Å². The molecule has 0 radical (unpaired) electrons. The van der Waals surface area contributed by atoms with Crippen molar-refractivity contribution in [2.45, 2.75) is 24.3 Å². The van der Waals surface area contributed by atoms with Gasteiger partial charge in [-0.1, -0.05) is 18.5 Å². The second kappa shape index (κ2) is 6.23. The monoisotopic (exact) mass is 307 g/mol. The van der Waals surface area contributed by atoms with Crippen molar-refractivity contribution in [3.63, 3.8) is 0 Å².